The lowest BCUT2D eigenvalue weighted by molar-refractivity contribution is 0.193. The van der Waals surface area contributed by atoms with Gasteiger partial charge in [-0.3, -0.25) is 4.98 Å². The molecule has 1 atom stereocenters. The lowest BCUT2D eigenvalue weighted by Crippen LogP contribution is -2.34. The van der Waals surface area contributed by atoms with Crippen LogP contribution in [-0.2, 0) is 4.74 Å². The number of nitrogens with zero attached hydrogens (tertiary/aromatic N) is 1. The van der Waals surface area contributed by atoms with Gasteiger partial charge in [0.1, 0.15) is 0 Å². The Labute approximate surface area is 139 Å². The molecular weight excluding hydrogens is 288 g/mol. The standard InChI is InChI=1S/C18H28N4O/c1-14(22-15-8-9-15)16(19)13-18(17-7-3-4-10-20-17)21-11-5-6-12-23-2/h3-4,7,10,13-15,19,21-22H,5-6,8-9,11-12H2,1-2H3/b18-13-,19-16?/t14-/m1/s1. The van der Waals surface area contributed by atoms with Crippen LogP contribution in [0.1, 0.15) is 38.3 Å². The van der Waals surface area contributed by atoms with Gasteiger partial charge in [-0.15, -0.1) is 0 Å². The minimum absolute atomic E-state index is 0.0662. The van der Waals surface area contributed by atoms with E-state index >= 15 is 0 Å². The van der Waals surface area contributed by atoms with Crippen LogP contribution >= 0.6 is 0 Å². The van der Waals surface area contributed by atoms with Crippen molar-refractivity contribution in [2.24, 2.45) is 0 Å². The smallest absolute Gasteiger partial charge is 0.0861 e. The Kier molecular flexibility index (Phi) is 7.23. The Morgan fingerprint density at radius 3 is 2.91 bits per heavy atom. The van der Waals surface area contributed by atoms with Gasteiger partial charge < -0.3 is 20.8 Å². The van der Waals surface area contributed by atoms with Gasteiger partial charge >= 0.3 is 0 Å². The van der Waals surface area contributed by atoms with E-state index in [0.717, 1.165) is 37.4 Å². The van der Waals surface area contributed by atoms with Crippen molar-refractivity contribution in [2.75, 3.05) is 20.3 Å². The van der Waals surface area contributed by atoms with Gasteiger partial charge in [0.15, 0.2) is 0 Å². The minimum Gasteiger partial charge on any atom is -0.385 e. The molecule has 1 aromatic heterocycles. The first-order valence-corrected chi connectivity index (χ1v) is 8.41. The quantitative estimate of drug-likeness (QED) is 0.433. The first-order chi connectivity index (χ1) is 11.2. The summed E-state index contributed by atoms with van der Waals surface area (Å²) >= 11 is 0. The van der Waals surface area contributed by atoms with Crippen LogP contribution in [-0.4, -0.2) is 43.0 Å². The summed E-state index contributed by atoms with van der Waals surface area (Å²) in [7, 11) is 1.72. The second kappa shape index (κ2) is 9.43. The molecule has 1 saturated carbocycles. The number of rotatable bonds is 11. The predicted molar refractivity (Wildman–Crippen MR) is 94.7 cm³/mol. The van der Waals surface area contributed by atoms with Gasteiger partial charge in [0.05, 0.1) is 17.1 Å². The van der Waals surface area contributed by atoms with E-state index in [2.05, 4.69) is 15.6 Å². The van der Waals surface area contributed by atoms with E-state index in [-0.39, 0.29) is 6.04 Å². The van der Waals surface area contributed by atoms with Crippen LogP contribution in [0.25, 0.3) is 5.70 Å². The molecule has 0 aliphatic heterocycles. The number of hydrogen-bond acceptors (Lipinski definition) is 5. The molecule has 3 N–H and O–H groups in total. The predicted octanol–water partition coefficient (Wildman–Crippen LogP) is 2.60. The van der Waals surface area contributed by atoms with Crippen LogP contribution in [0.5, 0.6) is 0 Å². The summed E-state index contributed by atoms with van der Waals surface area (Å²) in [4.78, 5) is 4.41. The molecule has 1 fully saturated rings. The van der Waals surface area contributed by atoms with Crippen LogP contribution < -0.4 is 10.6 Å². The van der Waals surface area contributed by atoms with Crippen molar-refractivity contribution in [3.63, 3.8) is 0 Å². The van der Waals surface area contributed by atoms with Crippen LogP contribution in [0.4, 0.5) is 0 Å². The van der Waals surface area contributed by atoms with E-state index in [9.17, 15) is 0 Å². The van der Waals surface area contributed by atoms with Crippen LogP contribution in [0.15, 0.2) is 30.5 Å². The molecular formula is C18H28N4O. The summed E-state index contributed by atoms with van der Waals surface area (Å²) in [6.45, 7) is 3.68. The molecule has 0 bridgehead atoms. The van der Waals surface area contributed by atoms with Crippen molar-refractivity contribution in [1.29, 1.82) is 5.41 Å². The molecule has 23 heavy (non-hydrogen) atoms. The summed E-state index contributed by atoms with van der Waals surface area (Å²) in [5.74, 6) is 0. The Bertz CT molecular complexity index is 511. The first kappa shape index (κ1) is 17.6. The van der Waals surface area contributed by atoms with Crippen molar-refractivity contribution < 1.29 is 4.74 Å². The largest absolute Gasteiger partial charge is 0.385 e. The van der Waals surface area contributed by atoms with E-state index in [4.69, 9.17) is 10.1 Å². The summed E-state index contributed by atoms with van der Waals surface area (Å²) in [6, 6.07) is 6.51. The molecule has 0 saturated heterocycles. The normalized spacial score (nSPS) is 16.2. The maximum absolute atomic E-state index is 8.32. The van der Waals surface area contributed by atoms with E-state index in [1.807, 2.05) is 31.2 Å². The average molecular weight is 316 g/mol. The maximum atomic E-state index is 8.32. The van der Waals surface area contributed by atoms with E-state index in [1.165, 1.54) is 12.8 Å². The first-order valence-electron chi connectivity index (χ1n) is 8.41. The highest BCUT2D eigenvalue weighted by atomic mass is 16.5. The third-order valence-corrected chi connectivity index (χ3v) is 3.86. The highest BCUT2D eigenvalue weighted by Gasteiger charge is 2.23. The highest BCUT2D eigenvalue weighted by Crippen LogP contribution is 2.19. The molecule has 1 aromatic rings. The number of nitrogens with one attached hydrogen (secondary N) is 3. The molecule has 0 amide bonds. The zero-order valence-electron chi connectivity index (χ0n) is 14.1. The SMILES string of the molecule is COCCCCN/C(=C\C(=N)[C@@H](C)NC1CC1)c1ccccn1. The number of aromatic nitrogens is 1. The monoisotopic (exact) mass is 316 g/mol. The lowest BCUT2D eigenvalue weighted by atomic mass is 10.1. The Hall–Kier alpha value is -1.72. The molecule has 5 heteroatoms. The van der Waals surface area contributed by atoms with Crippen molar-refractivity contribution in [1.82, 2.24) is 15.6 Å². The second-order valence-electron chi connectivity index (χ2n) is 6.02. The molecule has 2 rings (SSSR count). The molecule has 0 unspecified atom stereocenters. The Morgan fingerprint density at radius 2 is 2.26 bits per heavy atom. The molecule has 5 nitrogen and oxygen atoms in total. The number of ether oxygens (including phenoxy) is 1. The van der Waals surface area contributed by atoms with E-state index in [1.54, 1.807) is 13.3 Å². The molecule has 0 aromatic carbocycles. The number of unbranched alkanes of at least 4 members (excludes halogenated alkanes) is 1. The fraction of sp³-hybridized carbons (Fsp3) is 0.556. The molecule has 0 spiro atoms. The van der Waals surface area contributed by atoms with E-state index < -0.39 is 0 Å². The molecule has 0 radical (unpaired) electrons. The fourth-order valence-electron chi connectivity index (χ4n) is 2.31. The fourth-order valence-corrected chi connectivity index (χ4v) is 2.31. The number of pyridine rings is 1. The van der Waals surface area contributed by atoms with Crippen molar-refractivity contribution in [3.05, 3.63) is 36.2 Å². The van der Waals surface area contributed by atoms with Gasteiger partial charge in [-0.2, -0.15) is 0 Å². The van der Waals surface area contributed by atoms with Gasteiger partial charge in [0.2, 0.25) is 0 Å². The van der Waals surface area contributed by atoms with E-state index in [0.29, 0.717) is 11.8 Å². The second-order valence-corrected chi connectivity index (χ2v) is 6.02. The molecule has 1 aliphatic carbocycles. The third kappa shape index (κ3) is 6.50. The lowest BCUT2D eigenvalue weighted by Gasteiger charge is -2.15. The Morgan fingerprint density at radius 1 is 1.43 bits per heavy atom. The Balaban J connectivity index is 1.96. The highest BCUT2D eigenvalue weighted by molar-refractivity contribution is 6.01. The zero-order valence-corrected chi connectivity index (χ0v) is 14.1. The average Bonchev–Trinajstić information content (AvgIpc) is 3.38. The zero-order chi connectivity index (χ0) is 16.5. The molecule has 1 heterocycles. The van der Waals surface area contributed by atoms with Crippen LogP contribution in [0.3, 0.4) is 0 Å². The number of methoxy groups -OCH3 is 1. The summed E-state index contributed by atoms with van der Waals surface area (Å²) < 4.78 is 5.08. The maximum Gasteiger partial charge on any atom is 0.0861 e. The van der Waals surface area contributed by atoms with Crippen LogP contribution in [0.2, 0.25) is 0 Å². The van der Waals surface area contributed by atoms with Gasteiger partial charge in [-0.25, -0.2) is 0 Å². The summed E-state index contributed by atoms with van der Waals surface area (Å²) in [6.07, 6.45) is 8.19. The van der Waals surface area contributed by atoms with Gasteiger partial charge in [-0.05, 0) is 50.8 Å². The third-order valence-electron chi connectivity index (χ3n) is 3.86. The van der Waals surface area contributed by atoms with Gasteiger partial charge in [0.25, 0.3) is 0 Å². The van der Waals surface area contributed by atoms with Crippen molar-refractivity contribution in [2.45, 2.75) is 44.7 Å². The van der Waals surface area contributed by atoms with Gasteiger partial charge in [-0.1, -0.05) is 6.07 Å². The number of hydrogen-bond donors (Lipinski definition) is 3. The summed E-state index contributed by atoms with van der Waals surface area (Å²) in [5, 5.41) is 15.2. The minimum atomic E-state index is 0.0662. The molecule has 126 valence electrons. The summed E-state index contributed by atoms with van der Waals surface area (Å²) in [5.41, 5.74) is 2.38. The van der Waals surface area contributed by atoms with Crippen molar-refractivity contribution >= 4 is 11.4 Å². The van der Waals surface area contributed by atoms with Crippen molar-refractivity contribution in [3.8, 4) is 0 Å². The molecule has 1 aliphatic rings. The van der Waals surface area contributed by atoms with Gasteiger partial charge in [0, 0.05) is 38.5 Å². The van der Waals surface area contributed by atoms with Crippen LogP contribution in [0, 0.1) is 5.41 Å². The topological polar surface area (TPSA) is 70.0 Å².